The lowest BCUT2D eigenvalue weighted by Crippen LogP contribution is -2.44. The Morgan fingerprint density at radius 1 is 1.11 bits per heavy atom. The third-order valence-electron chi connectivity index (χ3n) is 6.26. The van der Waals surface area contributed by atoms with Crippen molar-refractivity contribution in [1.29, 1.82) is 5.26 Å². The molecule has 176 valence electrons. The summed E-state index contributed by atoms with van der Waals surface area (Å²) in [4.78, 5) is 38.4. The number of imidazole rings is 1. The minimum absolute atomic E-state index is 0.122. The minimum atomic E-state index is -0.514. The second-order valence-corrected chi connectivity index (χ2v) is 8.35. The number of aromatic nitrogens is 5. The molecule has 4 aromatic rings. The quantitative estimate of drug-likeness (QED) is 0.441. The predicted octanol–water partition coefficient (Wildman–Crippen LogP) is 0.798. The fourth-order valence-corrected chi connectivity index (χ4v) is 4.44. The van der Waals surface area contributed by atoms with Gasteiger partial charge in [0.15, 0.2) is 11.2 Å². The van der Waals surface area contributed by atoms with Gasteiger partial charge in [0.05, 0.1) is 29.9 Å². The van der Waals surface area contributed by atoms with E-state index in [9.17, 15) is 14.9 Å². The van der Waals surface area contributed by atoms with Crippen LogP contribution in [-0.2, 0) is 20.1 Å². The van der Waals surface area contributed by atoms with Gasteiger partial charge in [0.1, 0.15) is 6.07 Å². The van der Waals surface area contributed by atoms with Crippen molar-refractivity contribution in [3.8, 4) is 17.9 Å². The maximum atomic E-state index is 13.7. The molecule has 0 aliphatic carbocycles. The molecule has 5 rings (SSSR count). The molecule has 0 spiro atoms. The summed E-state index contributed by atoms with van der Waals surface area (Å²) in [5.41, 5.74) is 1.01. The molecule has 1 saturated heterocycles. The highest BCUT2D eigenvalue weighted by atomic mass is 16.2. The molecule has 3 aromatic heterocycles. The van der Waals surface area contributed by atoms with Gasteiger partial charge in [0, 0.05) is 38.6 Å². The summed E-state index contributed by atoms with van der Waals surface area (Å²) in [5.74, 6) is 6.53. The van der Waals surface area contributed by atoms with Gasteiger partial charge in [-0.15, -0.1) is 5.92 Å². The zero-order chi connectivity index (χ0) is 24.5. The molecular formula is C25H24N8O2. The van der Waals surface area contributed by atoms with Crippen LogP contribution in [0.2, 0.25) is 0 Å². The molecule has 0 bridgehead atoms. The summed E-state index contributed by atoms with van der Waals surface area (Å²) in [6, 6.07) is 11.3. The summed E-state index contributed by atoms with van der Waals surface area (Å²) in [6.07, 6.45) is 0. The van der Waals surface area contributed by atoms with Crippen LogP contribution in [-0.4, -0.2) is 49.8 Å². The maximum Gasteiger partial charge on any atom is 0.332 e. The van der Waals surface area contributed by atoms with Crippen molar-refractivity contribution in [2.45, 2.75) is 20.0 Å². The number of fused-ring (bicyclic) bond motifs is 2. The summed E-state index contributed by atoms with van der Waals surface area (Å²) >= 11 is 0. The number of benzene rings is 1. The van der Waals surface area contributed by atoms with Crippen LogP contribution in [0.4, 0.5) is 5.95 Å². The van der Waals surface area contributed by atoms with Crippen molar-refractivity contribution in [3.63, 3.8) is 0 Å². The molecular weight excluding hydrogens is 444 g/mol. The van der Waals surface area contributed by atoms with Gasteiger partial charge in [0.25, 0.3) is 5.56 Å². The van der Waals surface area contributed by atoms with Crippen molar-refractivity contribution < 1.29 is 0 Å². The zero-order valence-electron chi connectivity index (χ0n) is 19.6. The van der Waals surface area contributed by atoms with Crippen molar-refractivity contribution in [3.05, 3.63) is 62.4 Å². The summed E-state index contributed by atoms with van der Waals surface area (Å²) in [7, 11) is 1.60. The molecule has 35 heavy (non-hydrogen) atoms. The number of nitrogens with zero attached hydrogens (tertiary/aromatic N) is 7. The number of pyridine rings is 1. The van der Waals surface area contributed by atoms with Crippen LogP contribution in [0.3, 0.4) is 0 Å². The number of aryl methyl sites for hydroxylation is 1. The van der Waals surface area contributed by atoms with E-state index in [1.807, 2.05) is 24.3 Å². The second-order valence-electron chi connectivity index (χ2n) is 8.35. The van der Waals surface area contributed by atoms with E-state index in [-0.39, 0.29) is 13.1 Å². The molecule has 1 N–H and O–H groups in total. The van der Waals surface area contributed by atoms with Gasteiger partial charge in [-0.1, -0.05) is 24.1 Å². The molecule has 0 atom stereocenters. The zero-order valence-corrected chi connectivity index (χ0v) is 19.6. The molecule has 0 unspecified atom stereocenters. The monoisotopic (exact) mass is 468 g/mol. The number of nitrogens with one attached hydrogen (secondary N) is 1. The fourth-order valence-electron chi connectivity index (χ4n) is 4.44. The van der Waals surface area contributed by atoms with Crippen LogP contribution in [0, 0.1) is 23.2 Å². The highest BCUT2D eigenvalue weighted by Crippen LogP contribution is 2.21. The van der Waals surface area contributed by atoms with Crippen LogP contribution < -0.4 is 21.5 Å². The predicted molar refractivity (Wildman–Crippen MR) is 133 cm³/mol. The van der Waals surface area contributed by atoms with Gasteiger partial charge in [0.2, 0.25) is 5.95 Å². The molecule has 0 radical (unpaired) electrons. The van der Waals surface area contributed by atoms with Crippen LogP contribution in [0.25, 0.3) is 22.1 Å². The minimum Gasteiger partial charge on any atom is -0.340 e. The highest BCUT2D eigenvalue weighted by Gasteiger charge is 2.24. The Labute approximate surface area is 201 Å². The number of hydrogen-bond donors (Lipinski definition) is 1. The van der Waals surface area contributed by atoms with E-state index in [0.717, 1.165) is 36.1 Å². The molecule has 10 nitrogen and oxygen atoms in total. The van der Waals surface area contributed by atoms with E-state index in [1.165, 1.54) is 4.57 Å². The lowest BCUT2D eigenvalue weighted by Gasteiger charge is -2.28. The van der Waals surface area contributed by atoms with E-state index in [1.54, 1.807) is 24.6 Å². The lowest BCUT2D eigenvalue weighted by molar-refractivity contribution is 0.572. The van der Waals surface area contributed by atoms with Gasteiger partial charge in [-0.3, -0.25) is 18.5 Å². The molecule has 10 heteroatoms. The number of rotatable bonds is 4. The molecule has 0 saturated carbocycles. The topological polar surface area (TPSA) is 114 Å². The van der Waals surface area contributed by atoms with Crippen LogP contribution in [0.1, 0.15) is 18.2 Å². The average Bonchev–Trinajstić information content (AvgIpc) is 3.28. The number of para-hydroxylation sites is 1. The molecule has 1 aliphatic rings. The number of anilines is 1. The summed E-state index contributed by atoms with van der Waals surface area (Å²) < 4.78 is 4.29. The number of hydrogen-bond acceptors (Lipinski definition) is 7. The van der Waals surface area contributed by atoms with Gasteiger partial charge < -0.3 is 10.2 Å². The molecule has 4 heterocycles. The first-order valence-corrected chi connectivity index (χ1v) is 11.4. The van der Waals surface area contributed by atoms with Gasteiger partial charge in [-0.2, -0.15) is 10.2 Å². The SMILES string of the molecule is CC#CCn1c(N2CCNCC2)nc2c1c(=O)n(Cc1nc3ccccc3cc1C#N)c(=O)n2C. The van der Waals surface area contributed by atoms with Crippen LogP contribution >= 0.6 is 0 Å². The highest BCUT2D eigenvalue weighted by molar-refractivity contribution is 5.80. The van der Waals surface area contributed by atoms with Crippen molar-refractivity contribution in [2.75, 3.05) is 31.1 Å². The maximum absolute atomic E-state index is 13.7. The Morgan fingerprint density at radius 3 is 2.63 bits per heavy atom. The Bertz CT molecular complexity index is 1670. The van der Waals surface area contributed by atoms with Crippen molar-refractivity contribution in [1.82, 2.24) is 29.0 Å². The third-order valence-corrected chi connectivity index (χ3v) is 6.26. The Morgan fingerprint density at radius 2 is 1.89 bits per heavy atom. The van der Waals surface area contributed by atoms with Crippen LogP contribution in [0.5, 0.6) is 0 Å². The fraction of sp³-hybridized carbons (Fsp3) is 0.320. The van der Waals surface area contributed by atoms with Gasteiger partial charge in [-0.25, -0.2) is 9.78 Å². The smallest absolute Gasteiger partial charge is 0.332 e. The Kier molecular flexibility index (Phi) is 5.81. The number of piperazine rings is 1. The standard InChI is InChI=1S/C25H24N8O2/c1-3-4-11-32-21-22(29-24(32)31-12-9-27-10-13-31)30(2)25(35)33(23(21)34)16-20-18(15-26)14-17-7-5-6-8-19(17)28-20/h5-8,14,27H,9-13,16H2,1-2H3. The Balaban J connectivity index is 1.72. The lowest BCUT2D eigenvalue weighted by atomic mass is 10.1. The normalized spacial score (nSPS) is 13.6. The molecule has 0 amide bonds. The molecule has 1 aliphatic heterocycles. The first kappa shape index (κ1) is 22.4. The van der Waals surface area contributed by atoms with E-state index in [2.05, 4.69) is 33.1 Å². The van der Waals surface area contributed by atoms with E-state index in [4.69, 9.17) is 4.98 Å². The second kappa shape index (κ2) is 9.09. The van der Waals surface area contributed by atoms with E-state index in [0.29, 0.717) is 33.9 Å². The Hall–Kier alpha value is -4.41. The first-order chi connectivity index (χ1) is 17.0. The largest absolute Gasteiger partial charge is 0.340 e. The summed E-state index contributed by atoms with van der Waals surface area (Å²) in [5, 5.41) is 13.8. The van der Waals surface area contributed by atoms with Crippen molar-refractivity contribution in [2.24, 2.45) is 7.05 Å². The summed E-state index contributed by atoms with van der Waals surface area (Å²) in [6.45, 7) is 4.97. The number of nitriles is 1. The molecule has 1 aromatic carbocycles. The van der Waals surface area contributed by atoms with E-state index < -0.39 is 11.2 Å². The van der Waals surface area contributed by atoms with E-state index >= 15 is 0 Å². The van der Waals surface area contributed by atoms with Crippen molar-refractivity contribution >= 4 is 28.0 Å². The average molecular weight is 469 g/mol. The first-order valence-electron chi connectivity index (χ1n) is 11.4. The van der Waals surface area contributed by atoms with Crippen LogP contribution in [0.15, 0.2) is 39.9 Å². The van der Waals surface area contributed by atoms with Gasteiger partial charge in [-0.05, 0) is 19.1 Å². The third kappa shape index (κ3) is 3.84. The molecule has 1 fully saturated rings. The van der Waals surface area contributed by atoms with Gasteiger partial charge >= 0.3 is 5.69 Å².